The van der Waals surface area contributed by atoms with Gasteiger partial charge in [0.15, 0.2) is 17.6 Å². The molecule has 26 heavy (non-hydrogen) atoms. The molecule has 2 aliphatic rings. The van der Waals surface area contributed by atoms with Crippen molar-refractivity contribution in [2.75, 3.05) is 59.1 Å². The summed E-state index contributed by atoms with van der Waals surface area (Å²) >= 11 is 0. The highest BCUT2D eigenvalue weighted by Crippen LogP contribution is 2.30. The van der Waals surface area contributed by atoms with Gasteiger partial charge in [-0.05, 0) is 18.7 Å². The van der Waals surface area contributed by atoms with Gasteiger partial charge in [-0.1, -0.05) is 19.1 Å². The molecular weight excluding hydrogens is 379 g/mol. The van der Waals surface area contributed by atoms with Gasteiger partial charge in [-0.3, -0.25) is 4.90 Å². The molecule has 1 saturated heterocycles. The monoisotopic (exact) mass is 406 g/mol. The van der Waals surface area contributed by atoms with Gasteiger partial charge in [-0.15, -0.1) is 0 Å². The number of ether oxygens (including phenoxy) is 3. The topological polar surface area (TPSA) is 54.4 Å². The Labute approximate surface area is 168 Å². The zero-order chi connectivity index (χ0) is 16.8. The number of hydrogen-bond acceptors (Lipinski definition) is 6. The van der Waals surface area contributed by atoms with Crippen molar-refractivity contribution in [1.29, 1.82) is 0 Å². The molecule has 2 atom stereocenters. The van der Waals surface area contributed by atoms with Crippen LogP contribution in [0.3, 0.4) is 0 Å². The minimum atomic E-state index is -0.463. The molecule has 1 fully saturated rings. The Balaban J connectivity index is 0.00000169. The van der Waals surface area contributed by atoms with E-state index in [1.807, 2.05) is 24.3 Å². The number of fused-ring (bicyclic) bond motifs is 1. The summed E-state index contributed by atoms with van der Waals surface area (Å²) in [6.07, 6.45) is -0.588. The summed E-state index contributed by atoms with van der Waals surface area (Å²) in [6.45, 7) is 9.38. The molecule has 6 nitrogen and oxygen atoms in total. The third-order valence-electron chi connectivity index (χ3n) is 4.56. The molecule has 8 heteroatoms. The first-order chi connectivity index (χ1) is 11.7. The molecule has 150 valence electrons. The van der Waals surface area contributed by atoms with E-state index in [1.165, 1.54) is 0 Å². The second-order valence-electron chi connectivity index (χ2n) is 6.42. The van der Waals surface area contributed by atoms with E-state index in [0.717, 1.165) is 44.2 Å². The van der Waals surface area contributed by atoms with Crippen molar-refractivity contribution in [2.45, 2.75) is 19.1 Å². The second-order valence-corrected chi connectivity index (χ2v) is 6.42. The third-order valence-corrected chi connectivity index (χ3v) is 4.56. The second kappa shape index (κ2) is 11.8. The number of halogens is 2. The van der Waals surface area contributed by atoms with Crippen LogP contribution in [0.4, 0.5) is 0 Å². The van der Waals surface area contributed by atoms with Crippen LogP contribution in [-0.2, 0) is 4.74 Å². The molecule has 3 rings (SSSR count). The molecule has 0 amide bonds. The Bertz CT molecular complexity index is 516. The molecule has 1 N–H and O–H groups in total. The van der Waals surface area contributed by atoms with E-state index in [4.69, 9.17) is 14.2 Å². The molecule has 2 unspecified atom stereocenters. The predicted octanol–water partition coefficient (Wildman–Crippen LogP) is -5.15. The highest BCUT2D eigenvalue weighted by Gasteiger charge is 2.22. The Kier molecular flexibility index (Phi) is 10.6. The van der Waals surface area contributed by atoms with Crippen molar-refractivity contribution in [1.82, 2.24) is 9.80 Å². The summed E-state index contributed by atoms with van der Waals surface area (Å²) in [6, 6.07) is 7.64. The van der Waals surface area contributed by atoms with Crippen molar-refractivity contribution in [3.8, 4) is 11.5 Å². The first-order valence-electron chi connectivity index (χ1n) is 8.83. The summed E-state index contributed by atoms with van der Waals surface area (Å²) in [5.74, 6) is 1.53. The molecule has 2 aliphatic heterocycles. The first kappa shape index (κ1) is 23.3. The van der Waals surface area contributed by atoms with Gasteiger partial charge < -0.3 is 49.0 Å². The molecule has 0 aliphatic carbocycles. The number of nitrogens with zero attached hydrogens (tertiary/aromatic N) is 2. The molecular formula is C18H28Cl2N2O4-2. The van der Waals surface area contributed by atoms with Gasteiger partial charge in [0, 0.05) is 32.7 Å². The Morgan fingerprint density at radius 3 is 2.46 bits per heavy atom. The number of hydrogen-bond donors (Lipinski definition) is 1. The van der Waals surface area contributed by atoms with E-state index in [9.17, 15) is 5.11 Å². The van der Waals surface area contributed by atoms with Crippen molar-refractivity contribution in [3.05, 3.63) is 24.3 Å². The minimum absolute atomic E-state index is 0. The fourth-order valence-corrected chi connectivity index (χ4v) is 3.12. The lowest BCUT2D eigenvalue weighted by molar-refractivity contribution is -0.0319. The zero-order valence-electron chi connectivity index (χ0n) is 15.2. The Hall–Kier alpha value is -0.760. The van der Waals surface area contributed by atoms with Gasteiger partial charge >= 0.3 is 0 Å². The molecule has 0 aromatic heterocycles. The van der Waals surface area contributed by atoms with Crippen LogP contribution < -0.4 is 34.3 Å². The standard InChI is InChI=1S/C18H28N2O4.2ClH/c1-2-19-7-9-20(10-8-19)11-15(21)12-22-13-16-14-23-17-5-3-4-6-18(17)24-16;;/h3-6,15-16,21H,2,7-14H2,1H3;2*1H/p-2. The molecule has 0 spiro atoms. The quantitative estimate of drug-likeness (QED) is 0.488. The van der Waals surface area contributed by atoms with Crippen molar-refractivity contribution >= 4 is 0 Å². The van der Waals surface area contributed by atoms with E-state index >= 15 is 0 Å². The summed E-state index contributed by atoms with van der Waals surface area (Å²) in [5, 5.41) is 10.2. The number of β-amino-alcohol motifs (C(OH)–C–C–N with tert-alkyl or cyclic N) is 1. The Morgan fingerprint density at radius 2 is 1.77 bits per heavy atom. The smallest absolute Gasteiger partial charge is 0.161 e. The summed E-state index contributed by atoms with van der Waals surface area (Å²) in [4.78, 5) is 4.73. The predicted molar refractivity (Wildman–Crippen MR) is 91.7 cm³/mol. The van der Waals surface area contributed by atoms with Crippen LogP contribution in [-0.4, -0.2) is 86.2 Å². The first-order valence-corrected chi connectivity index (χ1v) is 8.83. The average molecular weight is 407 g/mol. The molecule has 1 aromatic rings. The lowest BCUT2D eigenvalue weighted by Crippen LogP contribution is -3.00. The van der Waals surface area contributed by atoms with Gasteiger partial charge in [0.1, 0.15) is 6.61 Å². The number of aliphatic hydroxyl groups is 1. The van der Waals surface area contributed by atoms with Crippen LogP contribution in [0.25, 0.3) is 0 Å². The zero-order valence-corrected chi connectivity index (χ0v) is 16.7. The van der Waals surface area contributed by atoms with Crippen LogP contribution >= 0.6 is 0 Å². The van der Waals surface area contributed by atoms with Gasteiger partial charge in [-0.2, -0.15) is 0 Å². The van der Waals surface area contributed by atoms with Gasteiger partial charge in [0.25, 0.3) is 0 Å². The maximum Gasteiger partial charge on any atom is 0.161 e. The van der Waals surface area contributed by atoms with Gasteiger partial charge in [0.2, 0.25) is 0 Å². The lowest BCUT2D eigenvalue weighted by atomic mass is 10.2. The van der Waals surface area contributed by atoms with E-state index in [0.29, 0.717) is 26.4 Å². The maximum absolute atomic E-state index is 10.2. The summed E-state index contributed by atoms with van der Waals surface area (Å²) in [7, 11) is 0. The van der Waals surface area contributed by atoms with Crippen molar-refractivity contribution in [2.24, 2.45) is 0 Å². The van der Waals surface area contributed by atoms with E-state index in [1.54, 1.807) is 0 Å². The maximum atomic E-state index is 10.2. The Morgan fingerprint density at radius 1 is 1.12 bits per heavy atom. The van der Waals surface area contributed by atoms with Crippen LogP contribution in [0.5, 0.6) is 11.5 Å². The normalized spacial score (nSPS) is 21.4. The molecule has 1 aromatic carbocycles. The molecule has 0 radical (unpaired) electrons. The number of piperazine rings is 1. The fourth-order valence-electron chi connectivity index (χ4n) is 3.12. The number of benzene rings is 1. The van der Waals surface area contributed by atoms with Crippen LogP contribution in [0.1, 0.15) is 6.92 Å². The minimum Gasteiger partial charge on any atom is -1.00 e. The van der Waals surface area contributed by atoms with E-state index in [2.05, 4.69) is 16.7 Å². The largest absolute Gasteiger partial charge is 1.00 e. The SMILES string of the molecule is CCN1CCN(CC(O)COCC2COc3ccccc3O2)CC1.[Cl-].[Cl-]. The third kappa shape index (κ3) is 6.76. The number of para-hydroxylation sites is 2. The average Bonchev–Trinajstić information content (AvgIpc) is 2.62. The molecule has 2 heterocycles. The van der Waals surface area contributed by atoms with E-state index in [-0.39, 0.29) is 30.9 Å². The lowest BCUT2D eigenvalue weighted by Gasteiger charge is -2.35. The number of likely N-dealkylation sites (N-methyl/N-ethyl adjacent to an activating group) is 1. The van der Waals surface area contributed by atoms with Crippen molar-refractivity contribution < 1.29 is 44.1 Å². The van der Waals surface area contributed by atoms with Crippen LogP contribution in [0.2, 0.25) is 0 Å². The highest BCUT2D eigenvalue weighted by molar-refractivity contribution is 5.40. The summed E-state index contributed by atoms with van der Waals surface area (Å²) < 4.78 is 17.1. The van der Waals surface area contributed by atoms with Crippen LogP contribution in [0, 0.1) is 0 Å². The van der Waals surface area contributed by atoms with Gasteiger partial charge in [0.05, 0.1) is 19.3 Å². The molecule has 0 saturated carbocycles. The van der Waals surface area contributed by atoms with Crippen molar-refractivity contribution in [3.63, 3.8) is 0 Å². The summed E-state index contributed by atoms with van der Waals surface area (Å²) in [5.41, 5.74) is 0. The molecule has 0 bridgehead atoms. The van der Waals surface area contributed by atoms with E-state index < -0.39 is 6.10 Å². The van der Waals surface area contributed by atoms with Crippen LogP contribution in [0.15, 0.2) is 24.3 Å². The number of rotatable bonds is 7. The number of aliphatic hydroxyl groups excluding tert-OH is 1. The highest BCUT2D eigenvalue weighted by atomic mass is 35.5. The fraction of sp³-hybridized carbons (Fsp3) is 0.667. The van der Waals surface area contributed by atoms with Gasteiger partial charge in [-0.25, -0.2) is 0 Å².